The lowest BCUT2D eigenvalue weighted by atomic mass is 10.3. The van der Waals surface area contributed by atoms with E-state index in [4.69, 9.17) is 40.1 Å². The molecule has 0 saturated carbocycles. The van der Waals surface area contributed by atoms with Gasteiger partial charge in [0, 0.05) is 0 Å². The SMILES string of the molecule is CCOC(=O)/C(C#N)=N/Nc1cc(Cl)c(Cl)cc1Cl. The third kappa shape index (κ3) is 4.28. The molecule has 5 nitrogen and oxygen atoms in total. The van der Waals surface area contributed by atoms with Gasteiger partial charge in [-0.2, -0.15) is 10.4 Å². The van der Waals surface area contributed by atoms with Crippen molar-refractivity contribution < 1.29 is 9.53 Å². The molecule has 0 aliphatic heterocycles. The molecule has 0 bridgehead atoms. The number of esters is 1. The molecule has 0 unspecified atom stereocenters. The number of halogens is 3. The van der Waals surface area contributed by atoms with Crippen LogP contribution in [0.4, 0.5) is 5.69 Å². The van der Waals surface area contributed by atoms with Crippen molar-refractivity contribution in [3.05, 3.63) is 27.2 Å². The zero-order valence-electron chi connectivity index (χ0n) is 9.71. The van der Waals surface area contributed by atoms with Crippen molar-refractivity contribution >= 4 is 52.2 Å². The van der Waals surface area contributed by atoms with E-state index < -0.39 is 11.7 Å². The fraction of sp³-hybridized carbons (Fsp3) is 0.182. The number of carbonyl (C=O) groups is 1. The lowest BCUT2D eigenvalue weighted by Gasteiger charge is -2.06. The molecule has 19 heavy (non-hydrogen) atoms. The molecule has 1 rings (SSSR count). The summed E-state index contributed by atoms with van der Waals surface area (Å²) in [4.78, 5) is 11.3. The van der Waals surface area contributed by atoms with Crippen LogP contribution in [0.1, 0.15) is 6.92 Å². The van der Waals surface area contributed by atoms with Crippen molar-refractivity contribution in [2.75, 3.05) is 12.0 Å². The molecule has 0 saturated heterocycles. The van der Waals surface area contributed by atoms with Gasteiger partial charge in [-0.25, -0.2) is 4.79 Å². The van der Waals surface area contributed by atoms with Crippen LogP contribution in [0.3, 0.4) is 0 Å². The third-order valence-electron chi connectivity index (χ3n) is 1.87. The minimum Gasteiger partial charge on any atom is -0.461 e. The Morgan fingerprint density at radius 2 is 2.00 bits per heavy atom. The van der Waals surface area contributed by atoms with Crippen molar-refractivity contribution in [1.82, 2.24) is 0 Å². The summed E-state index contributed by atoms with van der Waals surface area (Å²) < 4.78 is 4.64. The number of hydrogen-bond acceptors (Lipinski definition) is 5. The highest BCUT2D eigenvalue weighted by Crippen LogP contribution is 2.32. The molecule has 0 aliphatic rings. The van der Waals surface area contributed by atoms with Crippen LogP contribution in [0.2, 0.25) is 15.1 Å². The minimum atomic E-state index is -0.825. The lowest BCUT2D eigenvalue weighted by molar-refractivity contribution is -0.134. The van der Waals surface area contributed by atoms with Gasteiger partial charge < -0.3 is 4.74 Å². The van der Waals surface area contributed by atoms with E-state index in [2.05, 4.69) is 15.3 Å². The summed E-state index contributed by atoms with van der Waals surface area (Å²) in [5, 5.41) is 13.2. The molecule has 0 fully saturated rings. The number of carbonyl (C=O) groups excluding carboxylic acids is 1. The van der Waals surface area contributed by atoms with Crippen LogP contribution in [0.5, 0.6) is 0 Å². The van der Waals surface area contributed by atoms with Gasteiger partial charge in [0.25, 0.3) is 0 Å². The van der Waals surface area contributed by atoms with Crippen LogP contribution in [0, 0.1) is 11.3 Å². The number of anilines is 1. The van der Waals surface area contributed by atoms with Gasteiger partial charge in [-0.05, 0) is 19.1 Å². The molecule has 8 heteroatoms. The molecule has 1 aromatic rings. The number of benzene rings is 1. The summed E-state index contributed by atoms with van der Waals surface area (Å²) in [5.74, 6) is -0.825. The number of nitriles is 1. The molecule has 1 aromatic carbocycles. The summed E-state index contributed by atoms with van der Waals surface area (Å²) in [5.41, 5.74) is 2.35. The van der Waals surface area contributed by atoms with Crippen molar-refractivity contribution in [2.24, 2.45) is 5.10 Å². The molecule has 0 aliphatic carbocycles. The molecular weight excluding hydrogens is 312 g/mol. The van der Waals surface area contributed by atoms with Gasteiger partial charge in [0.05, 0.1) is 27.4 Å². The van der Waals surface area contributed by atoms with Gasteiger partial charge in [0.15, 0.2) is 0 Å². The Morgan fingerprint density at radius 1 is 1.37 bits per heavy atom. The van der Waals surface area contributed by atoms with Gasteiger partial charge in [-0.15, -0.1) is 0 Å². The summed E-state index contributed by atoms with van der Waals surface area (Å²) in [6, 6.07) is 4.46. The van der Waals surface area contributed by atoms with Gasteiger partial charge in [-0.1, -0.05) is 34.8 Å². The maximum atomic E-state index is 11.3. The normalized spacial score (nSPS) is 10.8. The number of hydrogen-bond donors (Lipinski definition) is 1. The van der Waals surface area contributed by atoms with Gasteiger partial charge in [0.2, 0.25) is 5.71 Å². The molecule has 100 valence electrons. The summed E-state index contributed by atoms with van der Waals surface area (Å²) >= 11 is 17.5. The molecule has 0 heterocycles. The highest BCUT2D eigenvalue weighted by Gasteiger charge is 2.12. The van der Waals surface area contributed by atoms with Gasteiger partial charge in [0.1, 0.15) is 6.07 Å². The molecule has 0 spiro atoms. The number of nitrogens with one attached hydrogen (secondary N) is 1. The molecular formula is C11H8Cl3N3O2. The zero-order valence-corrected chi connectivity index (χ0v) is 12.0. The van der Waals surface area contributed by atoms with E-state index in [1.54, 1.807) is 13.0 Å². The first-order chi connectivity index (χ1) is 8.99. The predicted octanol–water partition coefficient (Wildman–Crippen LogP) is 3.50. The standard InChI is InChI=1S/C11H8Cl3N3O2/c1-2-19-11(18)10(5-15)17-16-9-4-7(13)6(12)3-8(9)14/h3-4,16H,2H2,1H3/b17-10+. The van der Waals surface area contributed by atoms with E-state index in [9.17, 15) is 4.79 Å². The van der Waals surface area contributed by atoms with E-state index in [1.807, 2.05) is 0 Å². The summed E-state index contributed by atoms with van der Waals surface area (Å²) in [6.45, 7) is 1.77. The van der Waals surface area contributed by atoms with E-state index in [0.717, 1.165) is 0 Å². The number of ether oxygens (including phenoxy) is 1. The molecule has 0 atom stereocenters. The maximum Gasteiger partial charge on any atom is 0.369 e. The second kappa shape index (κ2) is 7.19. The van der Waals surface area contributed by atoms with E-state index >= 15 is 0 Å². The maximum absolute atomic E-state index is 11.3. The highest BCUT2D eigenvalue weighted by atomic mass is 35.5. The van der Waals surface area contributed by atoms with E-state index in [-0.39, 0.29) is 21.7 Å². The Hall–Kier alpha value is -1.48. The molecule has 0 amide bonds. The Balaban J connectivity index is 2.94. The van der Waals surface area contributed by atoms with Crippen LogP contribution in [-0.2, 0) is 9.53 Å². The topological polar surface area (TPSA) is 74.5 Å². The molecule has 0 aromatic heterocycles. The quantitative estimate of drug-likeness (QED) is 0.399. The van der Waals surface area contributed by atoms with E-state index in [0.29, 0.717) is 5.69 Å². The van der Waals surface area contributed by atoms with Crippen molar-refractivity contribution in [3.63, 3.8) is 0 Å². The largest absolute Gasteiger partial charge is 0.461 e. The Morgan fingerprint density at radius 3 is 2.58 bits per heavy atom. The van der Waals surface area contributed by atoms with Crippen LogP contribution < -0.4 is 5.43 Å². The van der Waals surface area contributed by atoms with Gasteiger partial charge in [-0.3, -0.25) is 5.43 Å². The van der Waals surface area contributed by atoms with Crippen molar-refractivity contribution in [1.29, 1.82) is 5.26 Å². The first kappa shape index (κ1) is 15.6. The smallest absolute Gasteiger partial charge is 0.369 e. The Labute approximate surface area is 124 Å². The predicted molar refractivity (Wildman–Crippen MR) is 74.8 cm³/mol. The summed E-state index contributed by atoms with van der Waals surface area (Å²) in [7, 11) is 0. The monoisotopic (exact) mass is 319 g/mol. The third-order valence-corrected chi connectivity index (χ3v) is 2.91. The lowest BCUT2D eigenvalue weighted by Crippen LogP contribution is -2.17. The van der Waals surface area contributed by atoms with E-state index in [1.165, 1.54) is 12.1 Å². The number of hydrazone groups is 1. The van der Waals surface area contributed by atoms with Crippen LogP contribution in [0.15, 0.2) is 17.2 Å². The minimum absolute atomic E-state index is 0.146. The fourth-order valence-electron chi connectivity index (χ4n) is 1.04. The van der Waals surface area contributed by atoms with Crippen LogP contribution in [0.25, 0.3) is 0 Å². The van der Waals surface area contributed by atoms with Crippen molar-refractivity contribution in [3.8, 4) is 6.07 Å². The average Bonchev–Trinajstić information content (AvgIpc) is 2.36. The summed E-state index contributed by atoms with van der Waals surface area (Å²) in [6.07, 6.45) is 0. The Bertz CT molecular complexity index is 567. The Kier molecular flexibility index (Phi) is 5.90. The molecule has 1 N–H and O–H groups in total. The molecule has 0 radical (unpaired) electrons. The number of rotatable bonds is 4. The first-order valence-electron chi connectivity index (χ1n) is 5.05. The average molecular weight is 321 g/mol. The van der Waals surface area contributed by atoms with Gasteiger partial charge >= 0.3 is 5.97 Å². The second-order valence-electron chi connectivity index (χ2n) is 3.15. The second-order valence-corrected chi connectivity index (χ2v) is 4.37. The first-order valence-corrected chi connectivity index (χ1v) is 6.18. The van der Waals surface area contributed by atoms with Crippen molar-refractivity contribution in [2.45, 2.75) is 6.92 Å². The van der Waals surface area contributed by atoms with Crippen LogP contribution >= 0.6 is 34.8 Å². The highest BCUT2D eigenvalue weighted by molar-refractivity contribution is 6.44. The fourth-order valence-corrected chi connectivity index (χ4v) is 1.63. The van der Waals surface area contributed by atoms with Crippen LogP contribution in [-0.4, -0.2) is 18.3 Å². The number of nitrogens with zero attached hydrogens (tertiary/aromatic N) is 2. The zero-order chi connectivity index (χ0) is 14.4.